The molecule has 2 spiro atoms. The second kappa shape index (κ2) is 6.57. The Kier molecular flexibility index (Phi) is 4.29. The van der Waals surface area contributed by atoms with Gasteiger partial charge in [-0.3, -0.25) is 14.7 Å². The summed E-state index contributed by atoms with van der Waals surface area (Å²) in [5.41, 5.74) is -0.229. The third-order valence-electron chi connectivity index (χ3n) is 6.85. The third kappa shape index (κ3) is 3.40. The number of nitrogens with zero attached hydrogens (tertiary/aromatic N) is 4. The number of carbonyl (C=O) groups is 2. The number of carbonyl (C=O) groups excluding carboxylic acids is 2. The van der Waals surface area contributed by atoms with Crippen molar-refractivity contribution in [2.24, 2.45) is 5.41 Å². The van der Waals surface area contributed by atoms with Gasteiger partial charge in [-0.05, 0) is 31.0 Å². The average molecular weight is 423 g/mol. The molecule has 3 amide bonds. The van der Waals surface area contributed by atoms with Gasteiger partial charge in [-0.15, -0.1) is 0 Å². The molecule has 10 heteroatoms. The van der Waals surface area contributed by atoms with E-state index in [-0.39, 0.29) is 22.9 Å². The van der Waals surface area contributed by atoms with E-state index in [0.717, 1.165) is 37.6 Å². The zero-order chi connectivity index (χ0) is 21.1. The first kappa shape index (κ1) is 19.6. The van der Waals surface area contributed by atoms with Crippen molar-refractivity contribution in [1.82, 2.24) is 25.0 Å². The molecule has 0 saturated carbocycles. The Morgan fingerprint density at radius 3 is 2.43 bits per heavy atom. The number of amides is 3. The van der Waals surface area contributed by atoms with Crippen molar-refractivity contribution < 1.29 is 22.8 Å². The highest BCUT2D eigenvalue weighted by atomic mass is 19.4. The van der Waals surface area contributed by atoms with Crippen LogP contribution >= 0.6 is 0 Å². The fraction of sp³-hybridized carbons (Fsp3) is 0.650. The standard InChI is InChI=1S/C20H24F3N5O2/c21-20(22,23)15-2-1-14(7-24-15)8-26-6-5-18(9-26)10-27(11-18)17(30)28-12-19(13-28)4-3-16(29)25-19/h1-2,7H,3-6,8-13H2,(H,25,29). The second-order valence-corrected chi connectivity index (χ2v) is 9.33. The van der Waals surface area contributed by atoms with Crippen molar-refractivity contribution in [1.29, 1.82) is 0 Å². The van der Waals surface area contributed by atoms with E-state index in [0.29, 0.717) is 39.1 Å². The van der Waals surface area contributed by atoms with Crippen molar-refractivity contribution in [2.75, 3.05) is 39.3 Å². The fourth-order valence-electron chi connectivity index (χ4n) is 5.29. The van der Waals surface area contributed by atoms with Crippen LogP contribution in [0.3, 0.4) is 0 Å². The lowest BCUT2D eigenvalue weighted by Gasteiger charge is -2.54. The largest absolute Gasteiger partial charge is 0.433 e. The Balaban J connectivity index is 1.10. The minimum Gasteiger partial charge on any atom is -0.347 e. The quantitative estimate of drug-likeness (QED) is 0.786. The van der Waals surface area contributed by atoms with Crippen LogP contribution in [0.1, 0.15) is 30.5 Å². The Bertz CT molecular complexity index is 860. The van der Waals surface area contributed by atoms with Gasteiger partial charge in [0, 0.05) is 57.3 Å². The fourth-order valence-corrected chi connectivity index (χ4v) is 5.29. The molecule has 4 fully saturated rings. The van der Waals surface area contributed by atoms with Gasteiger partial charge < -0.3 is 15.1 Å². The van der Waals surface area contributed by atoms with Crippen LogP contribution in [0, 0.1) is 5.41 Å². The van der Waals surface area contributed by atoms with E-state index < -0.39 is 11.9 Å². The smallest absolute Gasteiger partial charge is 0.347 e. The summed E-state index contributed by atoms with van der Waals surface area (Å²) in [6, 6.07) is 2.55. The first-order valence-electron chi connectivity index (χ1n) is 10.2. The molecule has 4 aliphatic rings. The Labute approximate surface area is 172 Å². The van der Waals surface area contributed by atoms with Crippen LogP contribution in [0.15, 0.2) is 18.3 Å². The van der Waals surface area contributed by atoms with Gasteiger partial charge in [0.2, 0.25) is 5.91 Å². The van der Waals surface area contributed by atoms with Gasteiger partial charge in [-0.2, -0.15) is 13.2 Å². The number of pyridine rings is 1. The molecule has 0 unspecified atom stereocenters. The SMILES string of the molecule is O=C1CCC2(CN(C(=O)N3CC4(CCN(Cc5ccc(C(F)(F)F)nc5)C4)C3)C2)N1. The van der Waals surface area contributed by atoms with E-state index >= 15 is 0 Å². The molecule has 162 valence electrons. The molecule has 4 aliphatic heterocycles. The van der Waals surface area contributed by atoms with Crippen molar-refractivity contribution in [3.8, 4) is 0 Å². The number of halogens is 3. The van der Waals surface area contributed by atoms with Crippen LogP contribution in [0.2, 0.25) is 0 Å². The van der Waals surface area contributed by atoms with Gasteiger partial charge in [0.05, 0.1) is 5.54 Å². The molecule has 1 N–H and O–H groups in total. The van der Waals surface area contributed by atoms with Gasteiger partial charge in [-0.25, -0.2) is 4.79 Å². The highest BCUT2D eigenvalue weighted by molar-refractivity contribution is 5.82. The first-order chi connectivity index (χ1) is 14.2. The molecule has 5 heterocycles. The minimum absolute atomic E-state index is 0.0396. The van der Waals surface area contributed by atoms with Gasteiger partial charge >= 0.3 is 12.2 Å². The van der Waals surface area contributed by atoms with Crippen LogP contribution in [-0.2, 0) is 17.5 Å². The summed E-state index contributed by atoms with van der Waals surface area (Å²) in [6.45, 7) is 4.87. The lowest BCUT2D eigenvalue weighted by molar-refractivity contribution is -0.141. The molecule has 4 saturated heterocycles. The molecule has 0 atom stereocenters. The van der Waals surface area contributed by atoms with Crippen LogP contribution in [0.5, 0.6) is 0 Å². The highest BCUT2D eigenvalue weighted by Gasteiger charge is 2.54. The molecule has 5 rings (SSSR count). The van der Waals surface area contributed by atoms with E-state index in [1.165, 1.54) is 12.3 Å². The Hall–Kier alpha value is -2.36. The summed E-state index contributed by atoms with van der Waals surface area (Å²) >= 11 is 0. The molecule has 0 aromatic carbocycles. The minimum atomic E-state index is -4.42. The summed E-state index contributed by atoms with van der Waals surface area (Å²) in [5.74, 6) is 0.0688. The number of rotatable bonds is 2. The lowest BCUT2D eigenvalue weighted by atomic mass is 9.79. The molecule has 0 bridgehead atoms. The summed E-state index contributed by atoms with van der Waals surface area (Å²) < 4.78 is 37.9. The molecule has 30 heavy (non-hydrogen) atoms. The third-order valence-corrected chi connectivity index (χ3v) is 6.85. The predicted octanol–water partition coefficient (Wildman–Crippen LogP) is 1.69. The van der Waals surface area contributed by atoms with Gasteiger partial charge in [0.15, 0.2) is 0 Å². The van der Waals surface area contributed by atoms with Crippen LogP contribution < -0.4 is 5.32 Å². The molecule has 7 nitrogen and oxygen atoms in total. The van der Waals surface area contributed by atoms with Crippen molar-refractivity contribution >= 4 is 11.9 Å². The normalized spacial score (nSPS) is 24.8. The topological polar surface area (TPSA) is 68.8 Å². The van der Waals surface area contributed by atoms with Gasteiger partial charge in [-0.1, -0.05) is 6.07 Å². The number of hydrogen-bond acceptors (Lipinski definition) is 4. The van der Waals surface area contributed by atoms with Crippen molar-refractivity contribution in [3.63, 3.8) is 0 Å². The molecule has 0 radical (unpaired) electrons. The molecule has 1 aromatic heterocycles. The molecule has 1 aromatic rings. The maximum atomic E-state index is 12.7. The van der Waals surface area contributed by atoms with Crippen molar-refractivity contribution in [2.45, 2.75) is 37.5 Å². The Morgan fingerprint density at radius 2 is 1.83 bits per heavy atom. The van der Waals surface area contributed by atoms with Crippen LogP contribution in [-0.4, -0.2) is 76.4 Å². The van der Waals surface area contributed by atoms with E-state index in [1.54, 1.807) is 4.90 Å². The predicted molar refractivity (Wildman–Crippen MR) is 100 cm³/mol. The Morgan fingerprint density at radius 1 is 1.10 bits per heavy atom. The van der Waals surface area contributed by atoms with E-state index in [1.807, 2.05) is 4.90 Å². The molecular formula is C20H24F3N5O2. The summed E-state index contributed by atoms with van der Waals surface area (Å²) in [5, 5.41) is 2.99. The second-order valence-electron chi connectivity index (χ2n) is 9.33. The average Bonchev–Trinajstić information content (AvgIpc) is 3.22. The molecule has 0 aliphatic carbocycles. The van der Waals surface area contributed by atoms with Crippen LogP contribution in [0.4, 0.5) is 18.0 Å². The number of alkyl halides is 3. The summed E-state index contributed by atoms with van der Waals surface area (Å²) in [6.07, 6.45) is -0.805. The highest BCUT2D eigenvalue weighted by Crippen LogP contribution is 2.41. The van der Waals surface area contributed by atoms with Gasteiger partial charge in [0.1, 0.15) is 5.69 Å². The zero-order valence-electron chi connectivity index (χ0n) is 16.5. The zero-order valence-corrected chi connectivity index (χ0v) is 16.5. The first-order valence-corrected chi connectivity index (χ1v) is 10.2. The van der Waals surface area contributed by atoms with E-state index in [2.05, 4.69) is 15.2 Å². The lowest BCUT2D eigenvalue weighted by Crippen LogP contribution is -2.72. The van der Waals surface area contributed by atoms with Crippen molar-refractivity contribution in [3.05, 3.63) is 29.6 Å². The maximum absolute atomic E-state index is 12.7. The van der Waals surface area contributed by atoms with Gasteiger partial charge in [0.25, 0.3) is 0 Å². The number of nitrogens with one attached hydrogen (secondary N) is 1. The number of urea groups is 1. The van der Waals surface area contributed by atoms with Crippen LogP contribution in [0.25, 0.3) is 0 Å². The van der Waals surface area contributed by atoms with E-state index in [9.17, 15) is 22.8 Å². The monoisotopic (exact) mass is 423 g/mol. The molecular weight excluding hydrogens is 399 g/mol. The number of hydrogen-bond donors (Lipinski definition) is 1. The summed E-state index contributed by atoms with van der Waals surface area (Å²) in [4.78, 5) is 33.5. The maximum Gasteiger partial charge on any atom is 0.433 e. The van der Waals surface area contributed by atoms with E-state index in [4.69, 9.17) is 0 Å². The number of aromatic nitrogens is 1. The number of likely N-dealkylation sites (tertiary alicyclic amines) is 3. The summed E-state index contributed by atoms with van der Waals surface area (Å²) in [7, 11) is 0.